The van der Waals surface area contributed by atoms with Gasteiger partial charge in [0, 0.05) is 0 Å². The van der Waals surface area contributed by atoms with Gasteiger partial charge in [0.15, 0.2) is 0 Å². The minimum absolute atomic E-state index is 0.725. The lowest BCUT2D eigenvalue weighted by Crippen LogP contribution is -1.67. The fraction of sp³-hybridized carbons (Fsp3) is 0. The molecule has 0 unspecified atom stereocenters. The lowest BCUT2D eigenvalue weighted by Gasteiger charge is -1.61. The molecule has 0 N–H and O–H groups in total. The molecule has 0 heterocycles. The van der Waals surface area contributed by atoms with Crippen molar-refractivity contribution in [2.75, 3.05) is 0 Å². The van der Waals surface area contributed by atoms with Crippen LogP contribution in [0.2, 0.25) is 0 Å². The summed E-state index contributed by atoms with van der Waals surface area (Å²) in [6.45, 7) is 6.98. The van der Waals surface area contributed by atoms with Gasteiger partial charge in [0.25, 0.3) is 0 Å². The summed E-state index contributed by atoms with van der Waals surface area (Å²) in [6.07, 6.45) is 0. The Morgan fingerprint density at radius 2 is 1.60 bits per heavy atom. The summed E-state index contributed by atoms with van der Waals surface area (Å²) >= 11 is 0. The Labute approximate surface area is 35.0 Å². The second-order valence-electron chi connectivity index (χ2n) is 0.575. The van der Waals surface area contributed by atoms with Gasteiger partial charge >= 0.3 is 0 Å². The zero-order valence-electron chi connectivity index (χ0n) is 3.07. The summed E-state index contributed by atoms with van der Waals surface area (Å²) in [4.78, 5) is 0. The van der Waals surface area contributed by atoms with Gasteiger partial charge in [-0.15, -0.1) is 24.6 Å². The van der Waals surface area contributed by atoms with E-state index in [1.54, 1.807) is 0 Å². The van der Waals surface area contributed by atoms with Crippen LogP contribution in [0.25, 0.3) is 0 Å². The molecule has 0 saturated carbocycles. The predicted molar refractivity (Wildman–Crippen MR) is 26.1 cm³/mol. The Morgan fingerprint density at radius 3 is 1.60 bits per heavy atom. The van der Waals surface area contributed by atoms with E-state index in [0.29, 0.717) is 0 Å². The van der Waals surface area contributed by atoms with Gasteiger partial charge < -0.3 is 0 Å². The molecule has 0 aromatic carbocycles. The zero-order valence-corrected chi connectivity index (χ0v) is 4.07. The van der Waals surface area contributed by atoms with E-state index in [9.17, 15) is 0 Å². The maximum absolute atomic E-state index is 3.49. The van der Waals surface area contributed by atoms with Crippen LogP contribution in [-0.4, -0.2) is 9.52 Å². The Hall–Kier alpha value is -0.303. The lowest BCUT2D eigenvalue weighted by molar-refractivity contribution is 2.44. The third kappa shape index (κ3) is 3.70. The molecule has 5 heavy (non-hydrogen) atoms. The smallest absolute Gasteiger partial charge is 0.0997 e. The summed E-state index contributed by atoms with van der Waals surface area (Å²) in [5.74, 6) is 0. The first-order chi connectivity index (χ1) is 2.41. The van der Waals surface area contributed by atoms with E-state index in [2.05, 4.69) is 13.2 Å². The van der Waals surface area contributed by atoms with Crippen molar-refractivity contribution < 1.29 is 0 Å². The molecule has 0 bridgehead atoms. The molecule has 0 aliphatic heterocycles. The van der Waals surface area contributed by atoms with Crippen LogP contribution in [0.1, 0.15) is 0 Å². The summed E-state index contributed by atoms with van der Waals surface area (Å²) in [5, 5.41) is 0. The first-order valence-electron chi connectivity index (χ1n) is 1.39. The molecule has 0 aromatic heterocycles. The van der Waals surface area contributed by atoms with Crippen LogP contribution in [0.3, 0.4) is 0 Å². The van der Waals surface area contributed by atoms with Gasteiger partial charge in [0.05, 0.1) is 9.52 Å². The van der Waals surface area contributed by atoms with Gasteiger partial charge in [-0.3, -0.25) is 0 Å². The van der Waals surface area contributed by atoms with Crippen molar-refractivity contribution in [1.82, 2.24) is 0 Å². The van der Waals surface area contributed by atoms with Crippen LogP contribution in [0.4, 0.5) is 0 Å². The van der Waals surface area contributed by atoms with Crippen molar-refractivity contribution >= 4 is 9.52 Å². The van der Waals surface area contributed by atoms with Crippen molar-refractivity contribution in [2.45, 2.75) is 0 Å². The Bertz CT molecular complexity index is 32.9. The van der Waals surface area contributed by atoms with E-state index in [0.717, 1.165) is 9.52 Å². The normalized spacial score (nSPS) is 6.40. The molecule has 0 aliphatic rings. The van der Waals surface area contributed by atoms with Gasteiger partial charge in [-0.1, -0.05) is 0 Å². The third-order valence-electron chi connectivity index (χ3n) is 0.236. The largest absolute Gasteiger partial charge is 0.107 e. The third-order valence-corrected chi connectivity index (χ3v) is 0.707. The first kappa shape index (κ1) is 4.70. The van der Waals surface area contributed by atoms with Crippen LogP contribution >= 0.6 is 0 Å². The van der Waals surface area contributed by atoms with E-state index < -0.39 is 0 Å². The van der Waals surface area contributed by atoms with E-state index in [1.165, 1.54) is 0 Å². The molecule has 2 radical (unpaired) electrons. The monoisotopic (exact) mass is 82.0 g/mol. The quantitative estimate of drug-likeness (QED) is 0.435. The van der Waals surface area contributed by atoms with Crippen molar-refractivity contribution in [2.24, 2.45) is 0 Å². The molecular weight excluding hydrogens is 76.1 g/mol. The van der Waals surface area contributed by atoms with Gasteiger partial charge in [0.2, 0.25) is 0 Å². The second-order valence-corrected chi connectivity index (χ2v) is 1.72. The topological polar surface area (TPSA) is 0 Å². The van der Waals surface area contributed by atoms with Crippen LogP contribution in [-0.2, 0) is 0 Å². The second kappa shape index (κ2) is 3.70. The highest BCUT2D eigenvalue weighted by Gasteiger charge is 1.57. The summed E-state index contributed by atoms with van der Waals surface area (Å²) < 4.78 is 0. The first-order valence-corrected chi connectivity index (χ1v) is 2.55. The van der Waals surface area contributed by atoms with Crippen LogP contribution in [0, 0.1) is 0 Å². The summed E-state index contributed by atoms with van der Waals surface area (Å²) in [7, 11) is 0.725. The van der Waals surface area contributed by atoms with Crippen LogP contribution in [0.5, 0.6) is 0 Å². The van der Waals surface area contributed by atoms with Gasteiger partial charge in [-0.05, 0) is 0 Å². The molecule has 0 aromatic rings. The summed E-state index contributed by atoms with van der Waals surface area (Å²) in [5.41, 5.74) is 3.68. The molecular formula is C4H6Si. The van der Waals surface area contributed by atoms with Crippen molar-refractivity contribution in [3.8, 4) is 0 Å². The molecule has 1 heteroatoms. The highest BCUT2D eigenvalue weighted by atomic mass is 28.2. The Kier molecular flexibility index (Phi) is 3.47. The predicted octanol–water partition coefficient (Wildman–Crippen LogP) is 0.978. The standard InChI is InChI=1S/C4H6Si/c1-3-5-4-2/h3-4H,1-2H2. The molecule has 26 valence electrons. The SMILES string of the molecule is C=C[Si]C=C. The number of rotatable bonds is 2. The minimum atomic E-state index is 0.725. The summed E-state index contributed by atoms with van der Waals surface area (Å²) in [6, 6.07) is 0. The maximum atomic E-state index is 3.49. The van der Waals surface area contributed by atoms with Crippen LogP contribution in [0.15, 0.2) is 24.6 Å². The molecule has 0 fully saturated rings. The van der Waals surface area contributed by atoms with Crippen molar-refractivity contribution in [1.29, 1.82) is 0 Å². The maximum Gasteiger partial charge on any atom is 0.0997 e. The number of hydrogen-bond donors (Lipinski definition) is 0. The highest BCUT2D eigenvalue weighted by molar-refractivity contribution is 6.47. The Balaban J connectivity index is 2.65. The van der Waals surface area contributed by atoms with E-state index >= 15 is 0 Å². The highest BCUT2D eigenvalue weighted by Crippen LogP contribution is 1.55. The van der Waals surface area contributed by atoms with Crippen molar-refractivity contribution in [3.63, 3.8) is 0 Å². The van der Waals surface area contributed by atoms with Crippen LogP contribution < -0.4 is 0 Å². The fourth-order valence-corrected chi connectivity index (χ4v) is 0.250. The van der Waals surface area contributed by atoms with Gasteiger partial charge in [-0.2, -0.15) is 0 Å². The molecule has 0 atom stereocenters. The van der Waals surface area contributed by atoms with E-state index in [1.807, 2.05) is 11.4 Å². The van der Waals surface area contributed by atoms with E-state index in [-0.39, 0.29) is 0 Å². The lowest BCUT2D eigenvalue weighted by atomic mass is 11.2. The molecule has 0 spiro atoms. The molecule has 0 aliphatic carbocycles. The van der Waals surface area contributed by atoms with E-state index in [4.69, 9.17) is 0 Å². The molecule has 0 nitrogen and oxygen atoms in total. The number of hydrogen-bond acceptors (Lipinski definition) is 0. The Morgan fingerprint density at radius 1 is 1.20 bits per heavy atom. The average molecular weight is 82.2 g/mol. The van der Waals surface area contributed by atoms with Gasteiger partial charge in [0.1, 0.15) is 0 Å². The molecule has 0 saturated heterocycles. The average Bonchev–Trinajstić information content (AvgIpc) is 1.41. The minimum Gasteiger partial charge on any atom is -0.107 e. The zero-order chi connectivity index (χ0) is 4.12. The van der Waals surface area contributed by atoms with Crippen molar-refractivity contribution in [3.05, 3.63) is 24.6 Å². The van der Waals surface area contributed by atoms with Gasteiger partial charge in [-0.25, -0.2) is 0 Å². The molecule has 0 rings (SSSR count). The fourth-order valence-electron chi connectivity index (χ4n) is 0.0833. The molecule has 0 amide bonds.